The second kappa shape index (κ2) is 9.48. The third-order valence-corrected chi connectivity index (χ3v) is 4.30. The maximum atomic E-state index is 13.0. The molecule has 3 aromatic carbocycles. The number of nitrogens with one attached hydrogen (secondary N) is 2. The highest BCUT2D eigenvalue weighted by molar-refractivity contribution is 5.97. The number of carbonyl (C=O) groups excluding carboxylic acids is 2. The van der Waals surface area contributed by atoms with E-state index >= 15 is 0 Å². The number of para-hydroxylation sites is 2. The highest BCUT2D eigenvalue weighted by Gasteiger charge is 2.26. The molecule has 2 amide bonds. The molecule has 0 aliphatic carbocycles. The molecule has 3 rings (SSSR count). The minimum absolute atomic E-state index is 0.0800. The van der Waals surface area contributed by atoms with Gasteiger partial charge in [-0.25, -0.2) is 0 Å². The number of hydrogen-bond donors (Lipinski definition) is 2. The normalized spacial score (nSPS) is 11.6. The number of amides is 2. The summed E-state index contributed by atoms with van der Waals surface area (Å²) in [5.74, 6) is -0.366. The van der Waals surface area contributed by atoms with Crippen molar-refractivity contribution in [2.24, 2.45) is 0 Å². The predicted molar refractivity (Wildman–Crippen MR) is 112 cm³/mol. The van der Waals surface area contributed by atoms with E-state index in [9.17, 15) is 9.59 Å². The van der Waals surface area contributed by atoms with E-state index in [1.54, 1.807) is 11.9 Å². The molecule has 0 saturated carbocycles. The van der Waals surface area contributed by atoms with Gasteiger partial charge in [0.15, 0.2) is 0 Å². The molecule has 142 valence electrons. The summed E-state index contributed by atoms with van der Waals surface area (Å²) in [6.07, 6.45) is 0. The van der Waals surface area contributed by atoms with E-state index in [1.165, 1.54) is 0 Å². The van der Waals surface area contributed by atoms with Crippen LogP contribution in [0.15, 0.2) is 91.0 Å². The van der Waals surface area contributed by atoms with Crippen molar-refractivity contribution in [1.82, 2.24) is 4.90 Å². The fraction of sp³-hybridized carbons (Fsp3) is 0.130. The van der Waals surface area contributed by atoms with Crippen LogP contribution in [0.2, 0.25) is 0 Å². The second-order valence-electron chi connectivity index (χ2n) is 6.50. The van der Waals surface area contributed by atoms with Crippen LogP contribution in [0.5, 0.6) is 0 Å². The van der Waals surface area contributed by atoms with Gasteiger partial charge in [0.05, 0.1) is 6.54 Å². The molecule has 0 aliphatic heterocycles. The van der Waals surface area contributed by atoms with Crippen molar-refractivity contribution >= 4 is 23.2 Å². The maximum absolute atomic E-state index is 13.0. The molecule has 0 saturated heterocycles. The standard InChI is InChI=1S/C23H23N3O2/c1-26(17-21(27)24-19-13-7-3-8-14-19)22(18-11-5-2-6-12-18)23(28)25-20-15-9-4-10-16-20/h2-16,22H,17H2,1H3,(H,24,27)(H,25,28). The van der Waals surface area contributed by atoms with Crippen molar-refractivity contribution in [3.63, 3.8) is 0 Å². The van der Waals surface area contributed by atoms with Crippen LogP contribution in [0.4, 0.5) is 11.4 Å². The van der Waals surface area contributed by atoms with Crippen molar-refractivity contribution in [2.45, 2.75) is 6.04 Å². The zero-order valence-corrected chi connectivity index (χ0v) is 15.7. The number of likely N-dealkylation sites (N-methyl/N-ethyl adjacent to an activating group) is 1. The summed E-state index contributed by atoms with van der Waals surface area (Å²) >= 11 is 0. The lowest BCUT2D eigenvalue weighted by molar-refractivity contribution is -0.123. The summed E-state index contributed by atoms with van der Waals surface area (Å²) in [4.78, 5) is 27.2. The first-order chi connectivity index (χ1) is 13.6. The van der Waals surface area contributed by atoms with Crippen molar-refractivity contribution in [1.29, 1.82) is 0 Å². The van der Waals surface area contributed by atoms with Gasteiger partial charge in [0.25, 0.3) is 0 Å². The average Bonchev–Trinajstić information content (AvgIpc) is 2.70. The van der Waals surface area contributed by atoms with E-state index in [1.807, 2.05) is 91.0 Å². The van der Waals surface area contributed by atoms with Crippen LogP contribution in [-0.2, 0) is 9.59 Å². The lowest BCUT2D eigenvalue weighted by Crippen LogP contribution is -2.39. The summed E-state index contributed by atoms with van der Waals surface area (Å²) < 4.78 is 0. The van der Waals surface area contributed by atoms with Gasteiger partial charge in [0, 0.05) is 11.4 Å². The molecule has 2 N–H and O–H groups in total. The summed E-state index contributed by atoms with van der Waals surface area (Å²) in [6, 6.07) is 27.4. The van der Waals surface area contributed by atoms with Gasteiger partial charge < -0.3 is 10.6 Å². The van der Waals surface area contributed by atoms with E-state index in [0.29, 0.717) is 0 Å². The van der Waals surface area contributed by atoms with Crippen LogP contribution in [0.1, 0.15) is 11.6 Å². The number of carbonyl (C=O) groups is 2. The van der Waals surface area contributed by atoms with Gasteiger partial charge in [-0.3, -0.25) is 14.5 Å². The Balaban J connectivity index is 1.74. The van der Waals surface area contributed by atoms with Crippen molar-refractivity contribution in [3.8, 4) is 0 Å². The van der Waals surface area contributed by atoms with Gasteiger partial charge in [-0.1, -0.05) is 66.7 Å². The number of benzene rings is 3. The van der Waals surface area contributed by atoms with Crippen LogP contribution < -0.4 is 10.6 Å². The molecule has 1 atom stereocenters. The van der Waals surface area contributed by atoms with E-state index in [0.717, 1.165) is 16.9 Å². The number of rotatable bonds is 7. The number of nitrogens with zero attached hydrogens (tertiary/aromatic N) is 1. The summed E-state index contributed by atoms with van der Waals surface area (Å²) in [7, 11) is 1.77. The Hall–Kier alpha value is -3.44. The summed E-state index contributed by atoms with van der Waals surface area (Å²) in [5, 5.41) is 5.79. The van der Waals surface area contributed by atoms with Crippen LogP contribution in [0.25, 0.3) is 0 Å². The first kappa shape index (κ1) is 19.3. The van der Waals surface area contributed by atoms with Crippen LogP contribution in [-0.4, -0.2) is 30.3 Å². The molecule has 0 heterocycles. The number of anilines is 2. The van der Waals surface area contributed by atoms with Crippen molar-refractivity contribution in [3.05, 3.63) is 96.6 Å². The Morgan fingerprint density at radius 1 is 0.750 bits per heavy atom. The van der Waals surface area contributed by atoms with E-state index < -0.39 is 6.04 Å². The highest BCUT2D eigenvalue weighted by atomic mass is 16.2. The van der Waals surface area contributed by atoms with Gasteiger partial charge in [0.1, 0.15) is 6.04 Å². The van der Waals surface area contributed by atoms with Crippen LogP contribution in [0, 0.1) is 0 Å². The molecule has 0 radical (unpaired) electrons. The lowest BCUT2D eigenvalue weighted by atomic mass is 10.0. The van der Waals surface area contributed by atoms with Gasteiger partial charge in [-0.05, 0) is 36.9 Å². The Labute approximate surface area is 165 Å². The molecule has 3 aromatic rings. The molecule has 0 fully saturated rings. The van der Waals surface area contributed by atoms with Crippen molar-refractivity contribution < 1.29 is 9.59 Å². The number of hydrogen-bond acceptors (Lipinski definition) is 3. The molecular formula is C23H23N3O2. The zero-order valence-electron chi connectivity index (χ0n) is 15.7. The Morgan fingerprint density at radius 2 is 1.21 bits per heavy atom. The zero-order chi connectivity index (χ0) is 19.8. The van der Waals surface area contributed by atoms with E-state index in [4.69, 9.17) is 0 Å². The van der Waals surface area contributed by atoms with Gasteiger partial charge >= 0.3 is 0 Å². The average molecular weight is 373 g/mol. The SMILES string of the molecule is CN(CC(=O)Nc1ccccc1)C(C(=O)Nc1ccccc1)c1ccccc1. The summed E-state index contributed by atoms with van der Waals surface area (Å²) in [6.45, 7) is 0.0800. The topological polar surface area (TPSA) is 61.4 Å². The first-order valence-corrected chi connectivity index (χ1v) is 9.09. The molecule has 28 heavy (non-hydrogen) atoms. The molecule has 5 heteroatoms. The molecule has 0 bridgehead atoms. The quantitative estimate of drug-likeness (QED) is 0.659. The van der Waals surface area contributed by atoms with Gasteiger partial charge in [-0.15, -0.1) is 0 Å². The molecule has 0 aromatic heterocycles. The van der Waals surface area contributed by atoms with Crippen LogP contribution in [0.3, 0.4) is 0 Å². The van der Waals surface area contributed by atoms with Gasteiger partial charge in [0.2, 0.25) is 11.8 Å². The second-order valence-corrected chi connectivity index (χ2v) is 6.50. The monoisotopic (exact) mass is 373 g/mol. The molecule has 1 unspecified atom stereocenters. The smallest absolute Gasteiger partial charge is 0.246 e. The summed E-state index contributed by atoms with van der Waals surface area (Å²) in [5.41, 5.74) is 2.27. The van der Waals surface area contributed by atoms with E-state index in [2.05, 4.69) is 10.6 Å². The first-order valence-electron chi connectivity index (χ1n) is 9.09. The minimum atomic E-state index is -0.595. The fourth-order valence-electron chi connectivity index (χ4n) is 3.01. The third-order valence-electron chi connectivity index (χ3n) is 4.30. The lowest BCUT2D eigenvalue weighted by Gasteiger charge is -2.27. The molecular weight excluding hydrogens is 350 g/mol. The molecule has 5 nitrogen and oxygen atoms in total. The molecule has 0 aliphatic rings. The largest absolute Gasteiger partial charge is 0.325 e. The molecule has 0 spiro atoms. The fourth-order valence-corrected chi connectivity index (χ4v) is 3.01. The minimum Gasteiger partial charge on any atom is -0.325 e. The Bertz CT molecular complexity index is 899. The highest BCUT2D eigenvalue weighted by Crippen LogP contribution is 2.21. The van der Waals surface area contributed by atoms with E-state index in [-0.39, 0.29) is 18.4 Å². The Kier molecular flexibility index (Phi) is 6.54. The Morgan fingerprint density at radius 3 is 1.75 bits per heavy atom. The third kappa shape index (κ3) is 5.28. The van der Waals surface area contributed by atoms with Crippen molar-refractivity contribution in [2.75, 3.05) is 24.2 Å². The van der Waals surface area contributed by atoms with Crippen LogP contribution >= 0.6 is 0 Å². The predicted octanol–water partition coefficient (Wildman–Crippen LogP) is 3.94. The maximum Gasteiger partial charge on any atom is 0.246 e. The van der Waals surface area contributed by atoms with Gasteiger partial charge in [-0.2, -0.15) is 0 Å².